The van der Waals surface area contributed by atoms with E-state index in [0.717, 1.165) is 55.7 Å². The summed E-state index contributed by atoms with van der Waals surface area (Å²) in [6, 6.07) is 38.0. The first-order valence-corrected chi connectivity index (χ1v) is 15.8. The van der Waals surface area contributed by atoms with Gasteiger partial charge in [0.2, 0.25) is 11.9 Å². The molecule has 0 bridgehead atoms. The Morgan fingerprint density at radius 1 is 0.588 bits per heavy atom. The van der Waals surface area contributed by atoms with E-state index in [1.165, 1.54) is 9.36 Å². The lowest BCUT2D eigenvalue weighted by Crippen LogP contribution is -2.23. The first-order chi connectivity index (χ1) is 25.0. The molecule has 0 radical (unpaired) electrons. The van der Waals surface area contributed by atoms with Crippen LogP contribution >= 0.6 is 0 Å². The highest BCUT2D eigenvalue weighted by Gasteiger charge is 2.14. The molecule has 15 nitrogen and oxygen atoms in total. The fraction of sp³-hybridized carbons (Fsp3) is 0.111. The van der Waals surface area contributed by atoms with Gasteiger partial charge in [0.25, 0.3) is 0 Å². The second kappa shape index (κ2) is 15.9. The summed E-state index contributed by atoms with van der Waals surface area (Å²) in [7, 11) is 3.29. The summed E-state index contributed by atoms with van der Waals surface area (Å²) in [4.78, 5) is 4.36. The summed E-state index contributed by atoms with van der Waals surface area (Å²) in [5.74, 6) is 2.10. The number of rotatable bonds is 5. The van der Waals surface area contributed by atoms with Gasteiger partial charge in [-0.05, 0) is 71.8 Å². The van der Waals surface area contributed by atoms with Crippen molar-refractivity contribution in [3.8, 4) is 11.5 Å². The van der Waals surface area contributed by atoms with Crippen molar-refractivity contribution in [2.24, 2.45) is 16.5 Å². The number of hydrogen-bond acceptors (Lipinski definition) is 11. The SMILES string of the molecule is COc1ccc(CN)cc1.COc1ccc(CN=C(N)n2nnc3ccccc32)cc1.N=C(n1nnc2ccccc21)n1nnc2ccccc21. The Hall–Kier alpha value is -7.00. The molecule has 5 aromatic carbocycles. The number of nitrogens with one attached hydrogen (secondary N) is 1. The van der Waals surface area contributed by atoms with E-state index in [9.17, 15) is 0 Å². The Morgan fingerprint density at radius 2 is 0.980 bits per heavy atom. The third kappa shape index (κ3) is 7.84. The van der Waals surface area contributed by atoms with Crippen LogP contribution in [-0.2, 0) is 13.1 Å². The minimum Gasteiger partial charge on any atom is -0.497 e. The molecular formula is C36H35N13O2. The number of aliphatic imine (C=N–C) groups is 1. The van der Waals surface area contributed by atoms with Gasteiger partial charge in [0, 0.05) is 6.54 Å². The van der Waals surface area contributed by atoms with Crippen molar-refractivity contribution in [1.29, 1.82) is 5.41 Å². The van der Waals surface area contributed by atoms with Gasteiger partial charge in [-0.25, -0.2) is 4.99 Å². The smallest absolute Gasteiger partial charge is 0.248 e. The monoisotopic (exact) mass is 681 g/mol. The third-order valence-corrected chi connectivity index (χ3v) is 7.65. The summed E-state index contributed by atoms with van der Waals surface area (Å²) >= 11 is 0. The topological polar surface area (TPSA) is 199 Å². The minimum atomic E-state index is 0.0902. The molecule has 0 saturated carbocycles. The van der Waals surface area contributed by atoms with Gasteiger partial charge in [0.15, 0.2) is 0 Å². The van der Waals surface area contributed by atoms with E-state index >= 15 is 0 Å². The summed E-state index contributed by atoms with van der Waals surface area (Å²) in [6.07, 6.45) is 0. The van der Waals surface area contributed by atoms with E-state index in [0.29, 0.717) is 19.0 Å². The predicted molar refractivity (Wildman–Crippen MR) is 196 cm³/mol. The maximum absolute atomic E-state index is 8.29. The molecule has 0 amide bonds. The molecule has 0 aliphatic rings. The summed E-state index contributed by atoms with van der Waals surface area (Å²) in [5.41, 5.74) is 18.2. The highest BCUT2D eigenvalue weighted by Crippen LogP contribution is 2.15. The first-order valence-electron chi connectivity index (χ1n) is 15.8. The van der Waals surface area contributed by atoms with Crippen molar-refractivity contribution in [2.75, 3.05) is 14.2 Å². The quantitative estimate of drug-likeness (QED) is 0.172. The summed E-state index contributed by atoms with van der Waals surface area (Å²) in [6.45, 7) is 1.06. The predicted octanol–water partition coefficient (Wildman–Crippen LogP) is 4.46. The maximum Gasteiger partial charge on any atom is 0.248 e. The Bertz CT molecular complexity index is 2300. The van der Waals surface area contributed by atoms with Crippen molar-refractivity contribution in [2.45, 2.75) is 13.1 Å². The van der Waals surface area contributed by atoms with Gasteiger partial charge < -0.3 is 20.9 Å². The van der Waals surface area contributed by atoms with Crippen LogP contribution in [0.15, 0.2) is 126 Å². The molecule has 5 N–H and O–H groups in total. The first kappa shape index (κ1) is 33.9. The molecule has 8 aromatic rings. The Kier molecular flexibility index (Phi) is 10.6. The Labute approximate surface area is 292 Å². The number of ether oxygens (including phenoxy) is 2. The third-order valence-electron chi connectivity index (χ3n) is 7.65. The molecular weight excluding hydrogens is 646 g/mol. The zero-order chi connectivity index (χ0) is 35.6. The van der Waals surface area contributed by atoms with Crippen LogP contribution in [0.4, 0.5) is 0 Å². The summed E-state index contributed by atoms with van der Waals surface area (Å²) < 4.78 is 14.5. The maximum atomic E-state index is 8.29. The van der Waals surface area contributed by atoms with Gasteiger partial charge in [0.1, 0.15) is 28.0 Å². The molecule has 0 aliphatic heterocycles. The molecule has 0 fully saturated rings. The number of nitrogens with two attached hydrogens (primary N) is 2. The second-order valence-electron chi connectivity index (χ2n) is 10.9. The molecule has 15 heteroatoms. The van der Waals surface area contributed by atoms with Crippen LogP contribution < -0.4 is 20.9 Å². The standard InChI is InChI=1S/C15H15N5O.C13H9N7.C8H11NO/c1-21-12-8-6-11(7-9-12)10-17-15(16)20-14-5-3-2-4-13(14)18-19-20;14-13(19-11-7-3-1-5-9(11)15-17-19)20-12-8-4-2-6-10(12)16-18-20;1-10-8-4-2-7(6-9)3-5-8/h2-9H,10H2,1H3,(H2,16,17);1-8,14H;2-5H,6,9H2,1H3. The fourth-order valence-corrected chi connectivity index (χ4v) is 4.91. The number of methoxy groups -OCH3 is 2. The molecule has 3 aromatic heterocycles. The number of benzene rings is 5. The van der Waals surface area contributed by atoms with Crippen LogP contribution in [0.1, 0.15) is 11.1 Å². The lowest BCUT2D eigenvalue weighted by atomic mass is 10.2. The molecule has 8 rings (SSSR count). The Balaban J connectivity index is 0.000000140. The van der Waals surface area contributed by atoms with E-state index in [2.05, 4.69) is 35.9 Å². The van der Waals surface area contributed by atoms with Crippen molar-refractivity contribution in [1.82, 2.24) is 45.0 Å². The van der Waals surface area contributed by atoms with E-state index in [4.69, 9.17) is 26.4 Å². The molecule has 0 atom stereocenters. The summed E-state index contributed by atoms with van der Waals surface area (Å²) in [5, 5.41) is 32.5. The van der Waals surface area contributed by atoms with Gasteiger partial charge in [-0.1, -0.05) is 76.3 Å². The van der Waals surface area contributed by atoms with E-state index < -0.39 is 0 Å². The molecule has 256 valence electrons. The molecule has 0 unspecified atom stereocenters. The van der Waals surface area contributed by atoms with Crippen LogP contribution in [-0.4, -0.2) is 71.1 Å². The molecule has 0 saturated heterocycles. The molecule has 0 aliphatic carbocycles. The van der Waals surface area contributed by atoms with Crippen molar-refractivity contribution >= 4 is 45.0 Å². The highest BCUT2D eigenvalue weighted by molar-refractivity contribution is 5.94. The molecule has 3 heterocycles. The average Bonchev–Trinajstić information content (AvgIpc) is 3.95. The average molecular weight is 682 g/mol. The van der Waals surface area contributed by atoms with Gasteiger partial charge in [0.05, 0.1) is 37.3 Å². The van der Waals surface area contributed by atoms with Crippen molar-refractivity contribution < 1.29 is 9.47 Å². The van der Waals surface area contributed by atoms with Crippen LogP contribution in [0.25, 0.3) is 33.1 Å². The normalized spacial score (nSPS) is 11.1. The fourth-order valence-electron chi connectivity index (χ4n) is 4.91. The van der Waals surface area contributed by atoms with E-state index in [-0.39, 0.29) is 5.96 Å². The van der Waals surface area contributed by atoms with Gasteiger partial charge in [-0.2, -0.15) is 14.0 Å². The lowest BCUT2D eigenvalue weighted by Gasteiger charge is -2.04. The Morgan fingerprint density at radius 3 is 1.41 bits per heavy atom. The van der Waals surface area contributed by atoms with Crippen LogP contribution in [0.5, 0.6) is 11.5 Å². The largest absolute Gasteiger partial charge is 0.497 e. The lowest BCUT2D eigenvalue weighted by molar-refractivity contribution is 0.414. The van der Waals surface area contributed by atoms with Crippen LogP contribution in [0.2, 0.25) is 0 Å². The van der Waals surface area contributed by atoms with Crippen LogP contribution in [0, 0.1) is 5.41 Å². The molecule has 51 heavy (non-hydrogen) atoms. The van der Waals surface area contributed by atoms with E-state index in [1.807, 2.05) is 121 Å². The molecule has 0 spiro atoms. The number of aromatic nitrogens is 9. The van der Waals surface area contributed by atoms with Gasteiger partial charge >= 0.3 is 0 Å². The second-order valence-corrected chi connectivity index (χ2v) is 10.9. The zero-order valence-electron chi connectivity index (χ0n) is 27.9. The highest BCUT2D eigenvalue weighted by atomic mass is 16.5. The minimum absolute atomic E-state index is 0.0902. The van der Waals surface area contributed by atoms with Crippen LogP contribution in [0.3, 0.4) is 0 Å². The van der Waals surface area contributed by atoms with Gasteiger partial charge in [-0.3, -0.25) is 5.41 Å². The van der Waals surface area contributed by atoms with Crippen molar-refractivity contribution in [3.05, 3.63) is 132 Å². The van der Waals surface area contributed by atoms with Crippen molar-refractivity contribution in [3.63, 3.8) is 0 Å². The zero-order valence-corrected chi connectivity index (χ0v) is 27.9. The number of para-hydroxylation sites is 3. The van der Waals surface area contributed by atoms with E-state index in [1.54, 1.807) is 18.9 Å². The number of fused-ring (bicyclic) bond motifs is 3. The number of hydrogen-bond donors (Lipinski definition) is 3. The van der Waals surface area contributed by atoms with Gasteiger partial charge in [-0.15, -0.1) is 15.3 Å². The number of nitrogens with zero attached hydrogens (tertiary/aromatic N) is 10.